The van der Waals surface area contributed by atoms with Crippen LogP contribution < -0.4 is 0 Å². The Morgan fingerprint density at radius 1 is 0.742 bits per heavy atom. The smallest absolute Gasteiger partial charge is 0.320 e. The second-order valence-electron chi connectivity index (χ2n) is 6.19. The van der Waals surface area contributed by atoms with Crippen LogP contribution in [-0.4, -0.2) is 50.3 Å². The van der Waals surface area contributed by atoms with Gasteiger partial charge in [0.15, 0.2) is 11.8 Å². The quantitative estimate of drug-likeness (QED) is 0.282. The fraction of sp³-hybridized carbons (Fsp3) is 0.524. The van der Waals surface area contributed by atoms with Gasteiger partial charge in [-0.3, -0.25) is 19.2 Å². The third-order valence-corrected chi connectivity index (χ3v) is 4.37. The first-order chi connectivity index (χ1) is 14.7. The van der Waals surface area contributed by atoms with E-state index in [4.69, 9.17) is 30.5 Å². The van der Waals surface area contributed by atoms with Gasteiger partial charge in [-0.05, 0) is 51.5 Å². The van der Waals surface area contributed by atoms with Crippen molar-refractivity contribution < 1.29 is 42.5 Å². The Morgan fingerprint density at radius 3 is 1.39 bits per heavy atom. The number of halogens is 2. The summed E-state index contributed by atoms with van der Waals surface area (Å²) < 4.78 is 34.1. The lowest BCUT2D eigenvalue weighted by atomic mass is 9.76. The molecule has 0 heterocycles. The molecule has 0 unspecified atom stereocenters. The Balaban J connectivity index is 3.79. The molecule has 10 heteroatoms. The highest BCUT2D eigenvalue weighted by molar-refractivity contribution is 6.30. The van der Waals surface area contributed by atoms with Crippen LogP contribution in [0.5, 0.6) is 0 Å². The summed E-state index contributed by atoms with van der Waals surface area (Å²) in [6.45, 7) is 5.71. The van der Waals surface area contributed by atoms with Crippen molar-refractivity contribution in [1.82, 2.24) is 0 Å². The van der Waals surface area contributed by atoms with Crippen LogP contribution in [0, 0.1) is 17.7 Å². The van der Waals surface area contributed by atoms with Crippen LogP contribution in [-0.2, 0) is 38.1 Å². The van der Waals surface area contributed by atoms with E-state index >= 15 is 0 Å². The molecule has 0 amide bonds. The predicted octanol–water partition coefficient (Wildman–Crippen LogP) is 3.05. The molecule has 1 aromatic rings. The molecule has 172 valence electrons. The predicted molar refractivity (Wildman–Crippen MR) is 108 cm³/mol. The summed E-state index contributed by atoms with van der Waals surface area (Å²) in [5, 5.41) is -0.0714. The number of rotatable bonds is 11. The van der Waals surface area contributed by atoms with Gasteiger partial charge in [-0.25, -0.2) is 4.39 Å². The highest BCUT2D eigenvalue weighted by Gasteiger charge is 2.49. The Labute approximate surface area is 184 Å². The third kappa shape index (κ3) is 7.20. The van der Waals surface area contributed by atoms with Crippen molar-refractivity contribution in [3.05, 3.63) is 34.6 Å². The molecule has 1 rings (SSSR count). The summed E-state index contributed by atoms with van der Waals surface area (Å²) in [7, 11) is 0. The maximum atomic E-state index is 14.2. The van der Waals surface area contributed by atoms with Crippen LogP contribution in [0.25, 0.3) is 0 Å². The fourth-order valence-corrected chi connectivity index (χ4v) is 3.28. The van der Waals surface area contributed by atoms with E-state index in [1.165, 1.54) is 33.8 Å². The molecule has 0 fully saturated rings. The molecule has 0 aromatic heterocycles. The minimum Gasteiger partial charge on any atom is -0.465 e. The molecule has 0 N–H and O–H groups in total. The van der Waals surface area contributed by atoms with Crippen molar-refractivity contribution in [1.29, 1.82) is 0 Å². The Bertz CT molecular complexity index is 701. The second-order valence-corrected chi connectivity index (χ2v) is 6.63. The first kappa shape index (κ1) is 26.4. The molecule has 0 saturated heterocycles. The molecule has 0 radical (unpaired) electrons. The molecule has 0 aliphatic carbocycles. The van der Waals surface area contributed by atoms with E-state index < -0.39 is 47.4 Å². The van der Waals surface area contributed by atoms with Gasteiger partial charge in [-0.2, -0.15) is 0 Å². The lowest BCUT2D eigenvalue weighted by Gasteiger charge is -2.29. The summed E-state index contributed by atoms with van der Waals surface area (Å²) in [6, 6.07) is 3.20. The van der Waals surface area contributed by atoms with Crippen LogP contribution in [0.2, 0.25) is 5.02 Å². The molecular weight excluding hydrogens is 435 g/mol. The van der Waals surface area contributed by atoms with Crippen molar-refractivity contribution in [2.75, 3.05) is 26.4 Å². The van der Waals surface area contributed by atoms with Gasteiger partial charge in [0.25, 0.3) is 0 Å². The maximum Gasteiger partial charge on any atom is 0.320 e. The van der Waals surface area contributed by atoms with Crippen LogP contribution in [0.3, 0.4) is 0 Å². The lowest BCUT2D eigenvalue weighted by molar-refractivity contribution is -0.169. The van der Waals surface area contributed by atoms with Crippen molar-refractivity contribution in [2.45, 2.75) is 33.6 Å². The monoisotopic (exact) mass is 460 g/mol. The Kier molecular flexibility index (Phi) is 11.0. The van der Waals surface area contributed by atoms with Gasteiger partial charge >= 0.3 is 23.9 Å². The summed E-state index contributed by atoms with van der Waals surface area (Å²) in [4.78, 5) is 51.0. The van der Waals surface area contributed by atoms with Gasteiger partial charge in [-0.15, -0.1) is 0 Å². The standard InChI is InChI=1S/C21H26ClFO8/c1-5-28-18(24)16(19(25)29-6-2)15(12-9-13(22)11-14(23)10-12)17(20(26)30-7-3)21(27)31-8-4/h9-11,15-17H,5-8H2,1-4H3. The van der Waals surface area contributed by atoms with Crippen LogP contribution in [0.4, 0.5) is 4.39 Å². The molecule has 1 aromatic carbocycles. The van der Waals surface area contributed by atoms with E-state index in [0.29, 0.717) is 0 Å². The van der Waals surface area contributed by atoms with Gasteiger partial charge in [0, 0.05) is 10.9 Å². The zero-order valence-electron chi connectivity index (χ0n) is 17.8. The normalized spacial score (nSPS) is 10.9. The van der Waals surface area contributed by atoms with E-state index in [-0.39, 0.29) is 37.0 Å². The highest BCUT2D eigenvalue weighted by Crippen LogP contribution is 2.37. The molecule has 0 bridgehead atoms. The second kappa shape index (κ2) is 12.9. The van der Waals surface area contributed by atoms with Crippen molar-refractivity contribution in [3.63, 3.8) is 0 Å². The first-order valence-electron chi connectivity index (χ1n) is 9.84. The summed E-state index contributed by atoms with van der Waals surface area (Å²) in [5.74, 6) is -10.1. The molecule has 0 saturated carbocycles. The Hall–Kier alpha value is -2.68. The number of ether oxygens (including phenoxy) is 4. The SMILES string of the molecule is CCOC(=O)C(C(=O)OCC)C(c1cc(F)cc(Cl)c1)C(C(=O)OCC)C(=O)OCC. The molecule has 0 atom stereocenters. The zero-order chi connectivity index (χ0) is 23.6. The average molecular weight is 461 g/mol. The molecular formula is C21H26ClFO8. The van der Waals surface area contributed by atoms with Crippen LogP contribution in [0.1, 0.15) is 39.2 Å². The molecule has 8 nitrogen and oxygen atoms in total. The number of carbonyl (C=O) groups excluding carboxylic acids is 4. The summed E-state index contributed by atoms with van der Waals surface area (Å²) in [6.07, 6.45) is 0. The van der Waals surface area contributed by atoms with Gasteiger partial charge < -0.3 is 18.9 Å². The number of carbonyl (C=O) groups is 4. The van der Waals surface area contributed by atoms with E-state index in [9.17, 15) is 23.6 Å². The van der Waals surface area contributed by atoms with E-state index in [2.05, 4.69) is 0 Å². The lowest BCUT2D eigenvalue weighted by Crippen LogP contribution is -2.43. The minimum atomic E-state index is -1.78. The number of hydrogen-bond donors (Lipinski definition) is 0. The minimum absolute atomic E-state index is 0.0674. The Morgan fingerprint density at radius 2 is 1.10 bits per heavy atom. The fourth-order valence-electron chi connectivity index (χ4n) is 3.05. The number of benzene rings is 1. The number of esters is 4. The number of hydrogen-bond acceptors (Lipinski definition) is 8. The first-order valence-corrected chi connectivity index (χ1v) is 10.2. The van der Waals surface area contributed by atoms with Gasteiger partial charge in [0.1, 0.15) is 5.82 Å². The summed E-state index contributed by atoms with van der Waals surface area (Å²) in [5.41, 5.74) is -0.0674. The maximum absolute atomic E-state index is 14.2. The van der Waals surface area contributed by atoms with Crippen LogP contribution in [0.15, 0.2) is 18.2 Å². The van der Waals surface area contributed by atoms with Gasteiger partial charge in [-0.1, -0.05) is 11.6 Å². The van der Waals surface area contributed by atoms with Crippen molar-refractivity contribution in [3.8, 4) is 0 Å². The van der Waals surface area contributed by atoms with Gasteiger partial charge in [0.05, 0.1) is 26.4 Å². The molecule has 0 aliphatic heterocycles. The van der Waals surface area contributed by atoms with Crippen molar-refractivity contribution >= 4 is 35.5 Å². The highest BCUT2D eigenvalue weighted by atomic mass is 35.5. The topological polar surface area (TPSA) is 105 Å². The van der Waals surface area contributed by atoms with Gasteiger partial charge in [0.2, 0.25) is 0 Å². The largest absolute Gasteiger partial charge is 0.465 e. The van der Waals surface area contributed by atoms with Crippen molar-refractivity contribution in [2.24, 2.45) is 11.8 Å². The van der Waals surface area contributed by atoms with E-state index in [1.807, 2.05) is 0 Å². The third-order valence-electron chi connectivity index (χ3n) is 4.15. The zero-order valence-corrected chi connectivity index (χ0v) is 18.6. The molecule has 31 heavy (non-hydrogen) atoms. The molecule has 0 aliphatic rings. The van der Waals surface area contributed by atoms with E-state index in [1.54, 1.807) is 0 Å². The van der Waals surface area contributed by atoms with Crippen LogP contribution >= 0.6 is 11.6 Å². The molecule has 0 spiro atoms. The average Bonchev–Trinajstić information content (AvgIpc) is 2.67. The van der Waals surface area contributed by atoms with E-state index in [0.717, 1.165) is 12.1 Å². The summed E-state index contributed by atoms with van der Waals surface area (Å²) >= 11 is 5.96.